The zero-order valence-electron chi connectivity index (χ0n) is 19.3. The third kappa shape index (κ3) is 9.93. The zero-order valence-corrected chi connectivity index (χ0v) is 19.3. The van der Waals surface area contributed by atoms with E-state index in [9.17, 15) is 14.4 Å². The predicted molar refractivity (Wildman–Crippen MR) is 121 cm³/mol. The smallest absolute Gasteiger partial charge is 0.275 e. The Morgan fingerprint density at radius 3 is 2.10 bits per heavy atom. The average Bonchev–Trinajstić information content (AvgIpc) is 2.71. The summed E-state index contributed by atoms with van der Waals surface area (Å²) in [6.45, 7) is 4.39. The van der Waals surface area contributed by atoms with E-state index in [0.29, 0.717) is 13.1 Å². The van der Waals surface area contributed by atoms with Crippen molar-refractivity contribution in [3.63, 3.8) is 0 Å². The first-order valence-electron chi connectivity index (χ1n) is 11.2. The molecule has 0 bridgehead atoms. The van der Waals surface area contributed by atoms with Crippen LogP contribution >= 0.6 is 0 Å². The highest BCUT2D eigenvalue weighted by Crippen LogP contribution is 2.15. The maximum Gasteiger partial charge on any atom is 0.275 e. The second-order valence-corrected chi connectivity index (χ2v) is 9.49. The van der Waals surface area contributed by atoms with Crippen molar-refractivity contribution in [2.24, 2.45) is 0 Å². The third-order valence-corrected chi connectivity index (χ3v) is 5.81. The van der Waals surface area contributed by atoms with Gasteiger partial charge in [-0.3, -0.25) is 14.4 Å². The van der Waals surface area contributed by atoms with Gasteiger partial charge >= 0.3 is 0 Å². The number of carbonyl (C=O) groups excluding carboxylic acids is 3. The van der Waals surface area contributed by atoms with Crippen LogP contribution in [0.2, 0.25) is 0 Å². The van der Waals surface area contributed by atoms with Crippen LogP contribution in [0, 0.1) is 0 Å². The molecule has 0 spiro atoms. The van der Waals surface area contributed by atoms with Crippen LogP contribution in [0.4, 0.5) is 0 Å². The minimum atomic E-state index is -0.356. The third-order valence-electron chi connectivity index (χ3n) is 5.81. The molecule has 3 N–H and O–H groups in total. The molecule has 1 aliphatic heterocycles. The highest BCUT2D eigenvalue weighted by molar-refractivity contribution is 5.88. The standard InChI is InChI=1S/C23H37N5O3/c1-27(2,18-20-10-6-4-7-11-20)15-12-24-21(29)16-25-22(30)17-26-23(31)19-28(3)13-8-5-9-14-28/h4,6-7,10-11H,5,8-9,12-19H2,1-3H3,(H-2,24,25,26,29,30,31)/p+2. The summed E-state index contributed by atoms with van der Waals surface area (Å²) in [7, 11) is 6.33. The molecule has 1 heterocycles. The Morgan fingerprint density at radius 2 is 1.45 bits per heavy atom. The molecule has 1 aliphatic rings. The van der Waals surface area contributed by atoms with Gasteiger partial charge in [0.2, 0.25) is 11.8 Å². The Balaban J connectivity index is 1.58. The Morgan fingerprint density at radius 1 is 0.871 bits per heavy atom. The normalized spacial score (nSPS) is 15.7. The molecule has 0 radical (unpaired) electrons. The van der Waals surface area contributed by atoms with Gasteiger partial charge in [0.25, 0.3) is 5.91 Å². The van der Waals surface area contributed by atoms with Crippen LogP contribution < -0.4 is 16.0 Å². The molecule has 0 atom stereocenters. The fourth-order valence-electron chi connectivity index (χ4n) is 3.97. The lowest BCUT2D eigenvalue weighted by atomic mass is 10.1. The van der Waals surface area contributed by atoms with Crippen LogP contribution in [-0.4, -0.2) is 93.6 Å². The number of amides is 3. The monoisotopic (exact) mass is 433 g/mol. The molecule has 1 fully saturated rings. The van der Waals surface area contributed by atoms with E-state index in [1.54, 1.807) is 0 Å². The Bertz CT molecular complexity index is 730. The van der Waals surface area contributed by atoms with E-state index >= 15 is 0 Å². The van der Waals surface area contributed by atoms with Crippen molar-refractivity contribution in [2.75, 3.05) is 67.0 Å². The topological polar surface area (TPSA) is 87.3 Å². The van der Waals surface area contributed by atoms with E-state index in [2.05, 4.69) is 49.2 Å². The number of hydrogen-bond donors (Lipinski definition) is 3. The van der Waals surface area contributed by atoms with Crippen molar-refractivity contribution in [3.05, 3.63) is 35.9 Å². The van der Waals surface area contributed by atoms with Gasteiger partial charge in [0.1, 0.15) is 6.54 Å². The van der Waals surface area contributed by atoms with E-state index in [-0.39, 0.29) is 30.8 Å². The molecule has 1 aromatic carbocycles. The number of likely N-dealkylation sites (tertiary alicyclic amines) is 1. The first-order chi connectivity index (χ1) is 14.7. The Labute approximate surface area is 186 Å². The second kappa shape index (κ2) is 11.8. The van der Waals surface area contributed by atoms with E-state index in [4.69, 9.17) is 0 Å². The van der Waals surface area contributed by atoms with Gasteiger partial charge in [0.15, 0.2) is 6.54 Å². The summed E-state index contributed by atoms with van der Waals surface area (Å²) in [6, 6.07) is 10.2. The van der Waals surface area contributed by atoms with E-state index in [1.807, 2.05) is 18.2 Å². The fraction of sp³-hybridized carbons (Fsp3) is 0.609. The van der Waals surface area contributed by atoms with Crippen molar-refractivity contribution in [1.29, 1.82) is 0 Å². The maximum atomic E-state index is 12.1. The van der Waals surface area contributed by atoms with Gasteiger partial charge in [-0.2, -0.15) is 0 Å². The molecule has 8 heteroatoms. The number of likely N-dealkylation sites (N-methyl/N-ethyl adjacent to an activating group) is 2. The number of piperidine rings is 1. The summed E-state index contributed by atoms with van der Waals surface area (Å²) in [6.07, 6.45) is 3.51. The summed E-state index contributed by atoms with van der Waals surface area (Å²) in [4.78, 5) is 36.1. The number of hydrogen-bond acceptors (Lipinski definition) is 3. The average molecular weight is 434 g/mol. The van der Waals surface area contributed by atoms with Crippen molar-refractivity contribution < 1.29 is 23.3 Å². The van der Waals surface area contributed by atoms with Crippen LogP contribution in [0.25, 0.3) is 0 Å². The van der Waals surface area contributed by atoms with Crippen LogP contribution in [-0.2, 0) is 20.9 Å². The van der Waals surface area contributed by atoms with Crippen molar-refractivity contribution in [2.45, 2.75) is 25.8 Å². The number of quaternary nitrogens is 2. The van der Waals surface area contributed by atoms with Gasteiger partial charge in [-0.05, 0) is 19.3 Å². The first kappa shape index (κ1) is 24.8. The van der Waals surface area contributed by atoms with Crippen LogP contribution in [0.5, 0.6) is 0 Å². The maximum absolute atomic E-state index is 12.1. The largest absolute Gasteiger partial charge is 0.349 e. The molecule has 0 saturated carbocycles. The van der Waals surface area contributed by atoms with E-state index in [1.165, 1.54) is 12.0 Å². The summed E-state index contributed by atoms with van der Waals surface area (Å²) in [5, 5.41) is 8.07. The SMILES string of the molecule is C[N+](C)(CCNC(=O)CNC(=O)CNC(=O)C[N+]1(C)CCCCC1)Cc1ccccc1. The molecule has 2 rings (SSSR count). The first-order valence-corrected chi connectivity index (χ1v) is 11.2. The molecule has 0 aromatic heterocycles. The molecular formula is C23H39N5O3+2. The Hall–Kier alpha value is -2.45. The van der Waals surface area contributed by atoms with Gasteiger partial charge in [-0.15, -0.1) is 0 Å². The van der Waals surface area contributed by atoms with Crippen LogP contribution in [0.3, 0.4) is 0 Å². The lowest BCUT2D eigenvalue weighted by Crippen LogP contribution is -2.54. The van der Waals surface area contributed by atoms with Gasteiger partial charge in [0, 0.05) is 5.56 Å². The number of benzene rings is 1. The zero-order chi connectivity index (χ0) is 22.7. The molecule has 172 valence electrons. The summed E-state index contributed by atoms with van der Waals surface area (Å²) < 4.78 is 1.48. The number of nitrogens with one attached hydrogen (secondary N) is 3. The van der Waals surface area contributed by atoms with Crippen molar-refractivity contribution in [1.82, 2.24) is 16.0 Å². The van der Waals surface area contributed by atoms with Gasteiger partial charge in [-0.1, -0.05) is 30.3 Å². The van der Waals surface area contributed by atoms with Gasteiger partial charge < -0.3 is 24.9 Å². The number of carbonyl (C=O) groups is 3. The summed E-state index contributed by atoms with van der Waals surface area (Å²) in [5.41, 5.74) is 1.25. The lowest BCUT2D eigenvalue weighted by Gasteiger charge is -2.36. The molecule has 8 nitrogen and oxygen atoms in total. The highest BCUT2D eigenvalue weighted by Gasteiger charge is 2.27. The van der Waals surface area contributed by atoms with Crippen LogP contribution in [0.1, 0.15) is 24.8 Å². The van der Waals surface area contributed by atoms with Gasteiger partial charge in [0.05, 0.1) is 60.4 Å². The van der Waals surface area contributed by atoms with Crippen molar-refractivity contribution in [3.8, 4) is 0 Å². The number of nitrogens with zero attached hydrogens (tertiary/aromatic N) is 2. The second-order valence-electron chi connectivity index (χ2n) is 9.49. The lowest BCUT2D eigenvalue weighted by molar-refractivity contribution is -0.906. The minimum Gasteiger partial charge on any atom is -0.349 e. The quantitative estimate of drug-likeness (QED) is 0.437. The number of rotatable bonds is 11. The van der Waals surface area contributed by atoms with E-state index in [0.717, 1.165) is 48.0 Å². The molecular weight excluding hydrogens is 394 g/mol. The van der Waals surface area contributed by atoms with E-state index < -0.39 is 0 Å². The molecule has 3 amide bonds. The van der Waals surface area contributed by atoms with Gasteiger partial charge in [-0.25, -0.2) is 0 Å². The van der Waals surface area contributed by atoms with Crippen LogP contribution in [0.15, 0.2) is 30.3 Å². The highest BCUT2D eigenvalue weighted by atomic mass is 16.2. The predicted octanol–water partition coefficient (Wildman–Crippen LogP) is 0.242. The Kier molecular flexibility index (Phi) is 9.45. The molecule has 1 saturated heterocycles. The molecule has 0 unspecified atom stereocenters. The minimum absolute atomic E-state index is 0.0887. The fourth-order valence-corrected chi connectivity index (χ4v) is 3.97. The summed E-state index contributed by atoms with van der Waals surface area (Å²) >= 11 is 0. The van der Waals surface area contributed by atoms with Crippen molar-refractivity contribution >= 4 is 17.7 Å². The summed E-state index contributed by atoms with van der Waals surface area (Å²) in [5.74, 6) is -0.710. The molecule has 1 aromatic rings. The molecule has 31 heavy (non-hydrogen) atoms. The molecule has 0 aliphatic carbocycles.